The lowest BCUT2D eigenvalue weighted by atomic mass is 9.89. The standard InChI is InChI=1S/C17H24N2O2/c1-12-5-3-4-6-15(12)16-9-14(10-17(20)18-16)19-7-8-21-11-13(19)2/h3-6,13-14,16H,7-11H2,1-2H3,(H,18,20)/t13-,14?,16?/m1/s1. The van der Waals surface area contributed by atoms with Gasteiger partial charge in [0, 0.05) is 25.0 Å². The van der Waals surface area contributed by atoms with E-state index in [1.165, 1.54) is 11.1 Å². The summed E-state index contributed by atoms with van der Waals surface area (Å²) in [7, 11) is 0. The number of rotatable bonds is 2. The Hall–Kier alpha value is -1.39. The number of morpholine rings is 1. The maximum absolute atomic E-state index is 12.1. The third kappa shape index (κ3) is 3.11. The van der Waals surface area contributed by atoms with Crippen LogP contribution in [0.3, 0.4) is 0 Å². The fourth-order valence-corrected chi connectivity index (χ4v) is 3.60. The van der Waals surface area contributed by atoms with Crippen LogP contribution in [0.4, 0.5) is 0 Å². The van der Waals surface area contributed by atoms with Crippen molar-refractivity contribution in [1.82, 2.24) is 10.2 Å². The quantitative estimate of drug-likeness (QED) is 0.905. The molecule has 1 N–H and O–H groups in total. The molecule has 0 radical (unpaired) electrons. The number of amides is 1. The van der Waals surface area contributed by atoms with Crippen LogP contribution < -0.4 is 5.32 Å². The highest BCUT2D eigenvalue weighted by Crippen LogP contribution is 2.30. The monoisotopic (exact) mass is 288 g/mol. The van der Waals surface area contributed by atoms with Gasteiger partial charge in [-0.2, -0.15) is 0 Å². The summed E-state index contributed by atoms with van der Waals surface area (Å²) >= 11 is 0. The summed E-state index contributed by atoms with van der Waals surface area (Å²) in [6.45, 7) is 6.78. The summed E-state index contributed by atoms with van der Waals surface area (Å²) in [5.41, 5.74) is 2.50. The van der Waals surface area contributed by atoms with Crippen LogP contribution in [-0.4, -0.2) is 42.6 Å². The Kier molecular flexibility index (Phi) is 4.27. The van der Waals surface area contributed by atoms with Gasteiger partial charge in [0.25, 0.3) is 0 Å². The number of hydrogen-bond donors (Lipinski definition) is 1. The third-order valence-electron chi connectivity index (χ3n) is 4.72. The van der Waals surface area contributed by atoms with Gasteiger partial charge in [-0.25, -0.2) is 0 Å². The Labute approximate surface area is 126 Å². The summed E-state index contributed by atoms with van der Waals surface area (Å²) in [5.74, 6) is 0.165. The first-order chi connectivity index (χ1) is 10.1. The Morgan fingerprint density at radius 1 is 1.33 bits per heavy atom. The molecule has 3 rings (SSSR count). The van der Waals surface area contributed by atoms with Gasteiger partial charge in [0.15, 0.2) is 0 Å². The van der Waals surface area contributed by atoms with E-state index in [0.29, 0.717) is 18.5 Å². The second-order valence-corrected chi connectivity index (χ2v) is 6.23. The zero-order chi connectivity index (χ0) is 14.8. The molecule has 2 saturated heterocycles. The van der Waals surface area contributed by atoms with Crippen molar-refractivity contribution in [2.45, 2.75) is 44.8 Å². The van der Waals surface area contributed by atoms with Crippen LogP contribution in [0.1, 0.15) is 36.9 Å². The number of carbonyl (C=O) groups excluding carboxylic acids is 1. The number of ether oxygens (including phenoxy) is 1. The van der Waals surface area contributed by atoms with E-state index in [1.807, 2.05) is 6.07 Å². The second kappa shape index (κ2) is 6.16. The predicted molar refractivity (Wildman–Crippen MR) is 82.1 cm³/mol. The summed E-state index contributed by atoms with van der Waals surface area (Å²) in [6.07, 6.45) is 1.59. The number of aryl methyl sites for hydroxylation is 1. The predicted octanol–water partition coefficient (Wildman–Crippen LogP) is 2.04. The van der Waals surface area contributed by atoms with Crippen molar-refractivity contribution in [3.8, 4) is 0 Å². The molecular formula is C17H24N2O2. The third-order valence-corrected chi connectivity index (χ3v) is 4.72. The smallest absolute Gasteiger partial charge is 0.222 e. The average molecular weight is 288 g/mol. The maximum atomic E-state index is 12.1. The zero-order valence-corrected chi connectivity index (χ0v) is 12.8. The molecule has 114 valence electrons. The van der Waals surface area contributed by atoms with Crippen LogP contribution in [0.2, 0.25) is 0 Å². The Morgan fingerprint density at radius 3 is 2.90 bits per heavy atom. The molecule has 2 fully saturated rings. The second-order valence-electron chi connectivity index (χ2n) is 6.23. The first kappa shape index (κ1) is 14.5. The van der Waals surface area contributed by atoms with Gasteiger partial charge in [-0.3, -0.25) is 9.69 Å². The zero-order valence-electron chi connectivity index (χ0n) is 12.8. The SMILES string of the molecule is Cc1ccccc1C1CC(N2CCOC[C@H]2C)CC(=O)N1. The molecule has 2 aliphatic rings. The van der Waals surface area contributed by atoms with Crippen LogP contribution in [0, 0.1) is 6.92 Å². The van der Waals surface area contributed by atoms with E-state index >= 15 is 0 Å². The molecule has 0 aromatic heterocycles. The summed E-state index contributed by atoms with van der Waals surface area (Å²) < 4.78 is 5.52. The van der Waals surface area contributed by atoms with Gasteiger partial charge < -0.3 is 10.1 Å². The van der Waals surface area contributed by atoms with E-state index < -0.39 is 0 Å². The Bertz CT molecular complexity index is 517. The summed E-state index contributed by atoms with van der Waals surface area (Å²) in [6, 6.07) is 9.19. The molecule has 2 heterocycles. The molecule has 0 saturated carbocycles. The van der Waals surface area contributed by atoms with Crippen molar-refractivity contribution in [3.63, 3.8) is 0 Å². The van der Waals surface area contributed by atoms with Gasteiger partial charge in [0.1, 0.15) is 0 Å². The molecule has 4 nitrogen and oxygen atoms in total. The Balaban J connectivity index is 1.78. The topological polar surface area (TPSA) is 41.6 Å². The van der Waals surface area contributed by atoms with Crippen LogP contribution >= 0.6 is 0 Å². The van der Waals surface area contributed by atoms with Crippen molar-refractivity contribution in [2.75, 3.05) is 19.8 Å². The van der Waals surface area contributed by atoms with Crippen molar-refractivity contribution < 1.29 is 9.53 Å². The largest absolute Gasteiger partial charge is 0.379 e. The minimum absolute atomic E-state index is 0.132. The first-order valence-corrected chi connectivity index (χ1v) is 7.83. The minimum Gasteiger partial charge on any atom is -0.379 e. The Morgan fingerprint density at radius 2 is 2.14 bits per heavy atom. The summed E-state index contributed by atoms with van der Waals surface area (Å²) in [5, 5.41) is 3.16. The van der Waals surface area contributed by atoms with Gasteiger partial charge in [-0.1, -0.05) is 24.3 Å². The van der Waals surface area contributed by atoms with Crippen LogP contribution in [0.5, 0.6) is 0 Å². The average Bonchev–Trinajstić information content (AvgIpc) is 2.47. The van der Waals surface area contributed by atoms with E-state index in [1.54, 1.807) is 0 Å². The molecule has 0 aliphatic carbocycles. The molecule has 3 atom stereocenters. The highest BCUT2D eigenvalue weighted by molar-refractivity contribution is 5.78. The molecular weight excluding hydrogens is 264 g/mol. The van der Waals surface area contributed by atoms with E-state index in [-0.39, 0.29) is 11.9 Å². The lowest BCUT2D eigenvalue weighted by Crippen LogP contribution is -2.54. The number of benzene rings is 1. The first-order valence-electron chi connectivity index (χ1n) is 7.83. The molecule has 2 aliphatic heterocycles. The van der Waals surface area contributed by atoms with Gasteiger partial charge in [-0.15, -0.1) is 0 Å². The highest BCUT2D eigenvalue weighted by Gasteiger charge is 2.34. The van der Waals surface area contributed by atoms with Crippen molar-refractivity contribution in [3.05, 3.63) is 35.4 Å². The molecule has 4 heteroatoms. The van der Waals surface area contributed by atoms with E-state index in [4.69, 9.17) is 4.74 Å². The fraction of sp³-hybridized carbons (Fsp3) is 0.588. The number of nitrogens with zero attached hydrogens (tertiary/aromatic N) is 1. The van der Waals surface area contributed by atoms with Crippen molar-refractivity contribution in [1.29, 1.82) is 0 Å². The number of carbonyl (C=O) groups is 1. The van der Waals surface area contributed by atoms with E-state index in [2.05, 4.69) is 42.3 Å². The van der Waals surface area contributed by atoms with E-state index in [0.717, 1.165) is 26.2 Å². The molecule has 1 amide bonds. The highest BCUT2D eigenvalue weighted by atomic mass is 16.5. The molecule has 0 spiro atoms. The number of hydrogen-bond acceptors (Lipinski definition) is 3. The lowest BCUT2D eigenvalue weighted by molar-refractivity contribution is -0.127. The number of nitrogens with one attached hydrogen (secondary N) is 1. The molecule has 0 bridgehead atoms. The lowest BCUT2D eigenvalue weighted by Gasteiger charge is -2.43. The molecule has 2 unspecified atom stereocenters. The molecule has 21 heavy (non-hydrogen) atoms. The van der Waals surface area contributed by atoms with Gasteiger partial charge in [0.05, 0.1) is 19.3 Å². The molecule has 1 aromatic carbocycles. The fourth-order valence-electron chi connectivity index (χ4n) is 3.60. The summed E-state index contributed by atoms with van der Waals surface area (Å²) in [4.78, 5) is 14.6. The van der Waals surface area contributed by atoms with Gasteiger partial charge >= 0.3 is 0 Å². The molecule has 1 aromatic rings. The maximum Gasteiger partial charge on any atom is 0.222 e. The number of piperidine rings is 1. The normalized spacial score (nSPS) is 31.0. The van der Waals surface area contributed by atoms with Crippen LogP contribution in [0.15, 0.2) is 24.3 Å². The van der Waals surface area contributed by atoms with E-state index in [9.17, 15) is 4.79 Å². The minimum atomic E-state index is 0.132. The van der Waals surface area contributed by atoms with Crippen molar-refractivity contribution in [2.24, 2.45) is 0 Å². The van der Waals surface area contributed by atoms with Gasteiger partial charge in [0.2, 0.25) is 5.91 Å². The van der Waals surface area contributed by atoms with Crippen molar-refractivity contribution >= 4 is 5.91 Å². The van der Waals surface area contributed by atoms with Crippen LogP contribution in [-0.2, 0) is 9.53 Å². The van der Waals surface area contributed by atoms with Crippen LogP contribution in [0.25, 0.3) is 0 Å². The van der Waals surface area contributed by atoms with Gasteiger partial charge in [-0.05, 0) is 31.4 Å².